The Morgan fingerprint density at radius 2 is 1.93 bits per heavy atom. The normalized spacial score (nSPS) is 12.8. The summed E-state index contributed by atoms with van der Waals surface area (Å²) in [6.45, 7) is 5.26. The molecule has 11 heteroatoms. The van der Waals surface area contributed by atoms with Gasteiger partial charge < -0.3 is 20.1 Å². The van der Waals surface area contributed by atoms with E-state index in [1.807, 2.05) is 6.92 Å². The first-order chi connectivity index (χ1) is 13.5. The van der Waals surface area contributed by atoms with Crippen LogP contribution in [0.3, 0.4) is 0 Å². The van der Waals surface area contributed by atoms with Crippen LogP contribution in [0.4, 0.5) is 8.78 Å². The molecule has 0 aliphatic rings. The molecule has 0 aromatic heterocycles. The van der Waals surface area contributed by atoms with E-state index in [2.05, 4.69) is 25.1 Å². The number of aliphatic imine (C=N–C) groups is 1. The number of guanidine groups is 1. The molecule has 0 aliphatic carbocycles. The average Bonchev–Trinajstić information content (AvgIpc) is 2.57. The highest BCUT2D eigenvalue weighted by molar-refractivity contribution is 7.88. The minimum Gasteiger partial charge on any atom is -0.490 e. The van der Waals surface area contributed by atoms with Crippen molar-refractivity contribution in [1.82, 2.24) is 15.4 Å². The molecule has 8 nitrogen and oxygen atoms in total. The van der Waals surface area contributed by atoms with Gasteiger partial charge in [0.2, 0.25) is 10.0 Å². The lowest BCUT2D eigenvalue weighted by atomic mass is 10.1. The Morgan fingerprint density at radius 3 is 2.48 bits per heavy atom. The monoisotopic (exact) mass is 436 g/mol. The second-order valence-corrected chi connectivity index (χ2v) is 8.61. The van der Waals surface area contributed by atoms with Crippen molar-refractivity contribution in [3.05, 3.63) is 23.8 Å². The maximum Gasteiger partial charge on any atom is 0.387 e. The highest BCUT2D eigenvalue weighted by Crippen LogP contribution is 2.33. The number of rotatable bonds is 11. The van der Waals surface area contributed by atoms with Gasteiger partial charge in [0.25, 0.3) is 0 Å². The summed E-state index contributed by atoms with van der Waals surface area (Å²) in [4.78, 5) is 4.39. The minimum absolute atomic E-state index is 0.0528. The maximum atomic E-state index is 12.8. The van der Waals surface area contributed by atoms with Crippen LogP contribution in [0.2, 0.25) is 0 Å². The number of para-hydroxylation sites is 1. The Balaban J connectivity index is 2.99. The second-order valence-electron chi connectivity index (χ2n) is 6.86. The van der Waals surface area contributed by atoms with Crippen LogP contribution in [-0.2, 0) is 16.6 Å². The summed E-state index contributed by atoms with van der Waals surface area (Å²) in [5.74, 6) is 0.570. The molecule has 1 aromatic carbocycles. The van der Waals surface area contributed by atoms with Crippen molar-refractivity contribution >= 4 is 16.0 Å². The Labute approximate surface area is 171 Å². The number of halogens is 2. The first kappa shape index (κ1) is 24.9. The van der Waals surface area contributed by atoms with E-state index in [1.165, 1.54) is 0 Å². The van der Waals surface area contributed by atoms with E-state index in [0.717, 1.165) is 6.26 Å². The first-order valence-corrected chi connectivity index (χ1v) is 11.1. The topological polar surface area (TPSA) is 101 Å². The van der Waals surface area contributed by atoms with Crippen molar-refractivity contribution in [2.45, 2.75) is 46.4 Å². The lowest BCUT2D eigenvalue weighted by Gasteiger charge is -2.26. The zero-order chi connectivity index (χ0) is 22.1. The maximum absolute atomic E-state index is 12.8. The average molecular weight is 437 g/mol. The van der Waals surface area contributed by atoms with E-state index >= 15 is 0 Å². The van der Waals surface area contributed by atoms with Gasteiger partial charge in [-0.3, -0.25) is 0 Å². The molecule has 1 rings (SSSR count). The minimum atomic E-state index is -3.38. The van der Waals surface area contributed by atoms with E-state index in [4.69, 9.17) is 4.74 Å². The largest absolute Gasteiger partial charge is 0.490 e. The molecule has 0 aliphatic heterocycles. The van der Waals surface area contributed by atoms with Crippen molar-refractivity contribution in [2.75, 3.05) is 26.0 Å². The number of benzene rings is 1. The van der Waals surface area contributed by atoms with Crippen LogP contribution in [0.25, 0.3) is 0 Å². The fourth-order valence-electron chi connectivity index (χ4n) is 2.53. The van der Waals surface area contributed by atoms with Gasteiger partial charge in [-0.2, -0.15) is 8.78 Å². The molecule has 0 unspecified atom stereocenters. The standard InChI is InChI=1S/C18H30F2N4O4S/c1-6-21-17(23-12-18(3,4)24-29(5,25)26)22-11-13-9-8-10-14(27-7-2)15(13)28-16(19)20/h8-10,16,24H,6-7,11-12H2,1-5H3,(H2,21,22,23). The molecule has 166 valence electrons. The van der Waals surface area contributed by atoms with Gasteiger partial charge in [-0.1, -0.05) is 12.1 Å². The van der Waals surface area contributed by atoms with Crippen molar-refractivity contribution < 1.29 is 26.7 Å². The lowest BCUT2D eigenvalue weighted by molar-refractivity contribution is -0.0520. The Morgan fingerprint density at radius 1 is 1.24 bits per heavy atom. The van der Waals surface area contributed by atoms with Crippen LogP contribution in [-0.4, -0.2) is 52.5 Å². The Hall–Kier alpha value is -2.14. The van der Waals surface area contributed by atoms with Gasteiger partial charge in [-0.05, 0) is 33.8 Å². The van der Waals surface area contributed by atoms with Gasteiger partial charge in [0.15, 0.2) is 17.5 Å². The second kappa shape index (κ2) is 11.1. The van der Waals surface area contributed by atoms with Crippen LogP contribution in [0.1, 0.15) is 33.3 Å². The molecule has 0 spiro atoms. The van der Waals surface area contributed by atoms with Crippen LogP contribution in [0.5, 0.6) is 11.5 Å². The number of alkyl halides is 2. The first-order valence-electron chi connectivity index (χ1n) is 9.18. The smallest absolute Gasteiger partial charge is 0.387 e. The molecule has 29 heavy (non-hydrogen) atoms. The predicted molar refractivity (Wildman–Crippen MR) is 109 cm³/mol. The van der Waals surface area contributed by atoms with E-state index in [-0.39, 0.29) is 24.6 Å². The Bertz CT molecular complexity index is 786. The number of nitrogens with zero attached hydrogens (tertiary/aromatic N) is 1. The molecule has 0 saturated carbocycles. The van der Waals surface area contributed by atoms with Gasteiger partial charge in [0, 0.05) is 24.2 Å². The molecular formula is C18H30F2N4O4S. The number of sulfonamides is 1. The summed E-state index contributed by atoms with van der Waals surface area (Å²) in [6.07, 6.45) is 1.09. The number of nitrogens with one attached hydrogen (secondary N) is 3. The zero-order valence-electron chi connectivity index (χ0n) is 17.4. The number of hydrogen-bond acceptors (Lipinski definition) is 5. The fraction of sp³-hybridized carbons (Fsp3) is 0.611. The van der Waals surface area contributed by atoms with Gasteiger partial charge in [0.05, 0.1) is 19.4 Å². The number of hydrogen-bond donors (Lipinski definition) is 3. The van der Waals surface area contributed by atoms with Crippen LogP contribution in [0, 0.1) is 0 Å². The van der Waals surface area contributed by atoms with Gasteiger partial charge in [0.1, 0.15) is 0 Å². The highest BCUT2D eigenvalue weighted by atomic mass is 32.2. The molecule has 0 atom stereocenters. The molecule has 0 amide bonds. The van der Waals surface area contributed by atoms with Crippen LogP contribution < -0.4 is 24.8 Å². The SMILES string of the molecule is CCNC(=NCc1cccc(OCC)c1OC(F)F)NCC(C)(C)NS(C)(=O)=O. The molecule has 0 fully saturated rings. The van der Waals surface area contributed by atoms with E-state index in [0.29, 0.717) is 24.7 Å². The molecule has 0 saturated heterocycles. The quantitative estimate of drug-likeness (QED) is 0.363. The predicted octanol–water partition coefficient (Wildman–Crippen LogP) is 2.07. The van der Waals surface area contributed by atoms with Crippen LogP contribution in [0.15, 0.2) is 23.2 Å². The third-order valence-electron chi connectivity index (χ3n) is 3.48. The summed E-state index contributed by atoms with van der Waals surface area (Å²) in [5.41, 5.74) is -0.329. The molecule has 1 aromatic rings. The summed E-state index contributed by atoms with van der Waals surface area (Å²) < 4.78 is 61.1. The third kappa shape index (κ3) is 9.75. The van der Waals surface area contributed by atoms with E-state index in [9.17, 15) is 17.2 Å². The summed E-state index contributed by atoms with van der Waals surface area (Å²) in [5, 5.41) is 6.08. The molecule has 0 radical (unpaired) electrons. The summed E-state index contributed by atoms with van der Waals surface area (Å²) >= 11 is 0. The third-order valence-corrected chi connectivity index (χ3v) is 4.40. The molecule has 0 bridgehead atoms. The van der Waals surface area contributed by atoms with E-state index < -0.39 is 22.2 Å². The lowest BCUT2D eigenvalue weighted by Crippen LogP contribution is -2.53. The zero-order valence-corrected chi connectivity index (χ0v) is 18.2. The molecule has 0 heterocycles. The van der Waals surface area contributed by atoms with Gasteiger partial charge >= 0.3 is 6.61 Å². The van der Waals surface area contributed by atoms with Gasteiger partial charge in [-0.15, -0.1) is 0 Å². The van der Waals surface area contributed by atoms with Gasteiger partial charge in [-0.25, -0.2) is 18.1 Å². The van der Waals surface area contributed by atoms with Crippen molar-refractivity contribution in [1.29, 1.82) is 0 Å². The highest BCUT2D eigenvalue weighted by Gasteiger charge is 2.22. The fourth-order valence-corrected chi connectivity index (χ4v) is 3.60. The summed E-state index contributed by atoms with van der Waals surface area (Å²) in [6, 6.07) is 4.85. The van der Waals surface area contributed by atoms with Crippen molar-refractivity contribution in [3.8, 4) is 11.5 Å². The van der Waals surface area contributed by atoms with Crippen molar-refractivity contribution in [3.63, 3.8) is 0 Å². The van der Waals surface area contributed by atoms with Crippen LogP contribution >= 0.6 is 0 Å². The van der Waals surface area contributed by atoms with Crippen molar-refractivity contribution in [2.24, 2.45) is 4.99 Å². The summed E-state index contributed by atoms with van der Waals surface area (Å²) in [7, 11) is -3.38. The van der Waals surface area contributed by atoms with E-state index in [1.54, 1.807) is 39.0 Å². The molecular weight excluding hydrogens is 406 g/mol. The number of ether oxygens (including phenoxy) is 2. The Kier molecular flexibility index (Phi) is 9.57. The molecule has 3 N–H and O–H groups in total.